The van der Waals surface area contributed by atoms with E-state index in [1.165, 1.54) is 6.07 Å². The fourth-order valence-electron chi connectivity index (χ4n) is 1.93. The predicted octanol–water partition coefficient (Wildman–Crippen LogP) is 3.40. The van der Waals surface area contributed by atoms with E-state index in [2.05, 4.69) is 25.7 Å². The standard InChI is InChI=1S/C16H19Cl2N5O/c1-23(2)9-3-8-19-14-6-7-15(22-21-14)20-16(24)11-4-5-12(17)13(18)10-11/h4-7,10H,3,8-9H2,1-2H3,(H,19,21)(H,20,22,24). The van der Waals surface area contributed by atoms with Gasteiger partial charge in [0.2, 0.25) is 0 Å². The minimum Gasteiger partial charge on any atom is -0.369 e. The molecule has 24 heavy (non-hydrogen) atoms. The van der Waals surface area contributed by atoms with Gasteiger partial charge in [-0.2, -0.15) is 0 Å². The third-order valence-corrected chi connectivity index (χ3v) is 3.92. The Kier molecular flexibility index (Phi) is 6.78. The van der Waals surface area contributed by atoms with Gasteiger partial charge in [0.1, 0.15) is 5.82 Å². The molecule has 0 saturated carbocycles. The lowest BCUT2D eigenvalue weighted by molar-refractivity contribution is 0.102. The summed E-state index contributed by atoms with van der Waals surface area (Å²) in [5.41, 5.74) is 0.400. The molecule has 0 unspecified atom stereocenters. The van der Waals surface area contributed by atoms with Gasteiger partial charge in [0.15, 0.2) is 5.82 Å². The molecule has 2 aromatic rings. The van der Waals surface area contributed by atoms with Gasteiger partial charge in [-0.15, -0.1) is 10.2 Å². The summed E-state index contributed by atoms with van der Waals surface area (Å²) in [4.78, 5) is 14.3. The van der Waals surface area contributed by atoms with Gasteiger partial charge in [0, 0.05) is 12.1 Å². The Morgan fingerprint density at radius 1 is 1.08 bits per heavy atom. The van der Waals surface area contributed by atoms with Crippen LogP contribution in [0.1, 0.15) is 16.8 Å². The first kappa shape index (κ1) is 18.4. The lowest BCUT2D eigenvalue weighted by Crippen LogP contribution is -2.17. The molecule has 0 bridgehead atoms. The maximum atomic E-state index is 12.1. The zero-order chi connectivity index (χ0) is 17.5. The Hall–Kier alpha value is -1.89. The van der Waals surface area contributed by atoms with Gasteiger partial charge in [0.25, 0.3) is 5.91 Å². The fraction of sp³-hybridized carbons (Fsp3) is 0.312. The van der Waals surface area contributed by atoms with Crippen molar-refractivity contribution in [2.45, 2.75) is 6.42 Å². The highest BCUT2D eigenvalue weighted by Crippen LogP contribution is 2.23. The van der Waals surface area contributed by atoms with Gasteiger partial charge in [-0.25, -0.2) is 0 Å². The topological polar surface area (TPSA) is 70.2 Å². The van der Waals surface area contributed by atoms with Gasteiger partial charge in [-0.1, -0.05) is 23.2 Å². The minimum atomic E-state index is -0.324. The highest BCUT2D eigenvalue weighted by molar-refractivity contribution is 6.42. The Morgan fingerprint density at radius 3 is 2.42 bits per heavy atom. The summed E-state index contributed by atoms with van der Waals surface area (Å²) in [7, 11) is 4.07. The average molecular weight is 368 g/mol. The Morgan fingerprint density at radius 2 is 1.79 bits per heavy atom. The molecule has 2 rings (SSSR count). The SMILES string of the molecule is CN(C)CCCNc1ccc(NC(=O)c2ccc(Cl)c(Cl)c2)nn1. The van der Waals surface area contributed by atoms with Crippen LogP contribution in [-0.2, 0) is 0 Å². The molecule has 0 spiro atoms. The number of hydrogen-bond acceptors (Lipinski definition) is 5. The molecule has 0 atom stereocenters. The number of amides is 1. The minimum absolute atomic E-state index is 0.324. The van der Waals surface area contributed by atoms with Crippen LogP contribution in [0.15, 0.2) is 30.3 Å². The largest absolute Gasteiger partial charge is 0.369 e. The average Bonchev–Trinajstić information content (AvgIpc) is 2.55. The third-order valence-electron chi connectivity index (χ3n) is 3.18. The van der Waals surface area contributed by atoms with E-state index in [0.717, 1.165) is 19.5 Å². The molecule has 2 N–H and O–H groups in total. The summed E-state index contributed by atoms with van der Waals surface area (Å²) in [6, 6.07) is 8.14. The van der Waals surface area contributed by atoms with E-state index in [4.69, 9.17) is 23.2 Å². The Bertz CT molecular complexity index is 691. The van der Waals surface area contributed by atoms with Crippen molar-refractivity contribution in [3.63, 3.8) is 0 Å². The van der Waals surface area contributed by atoms with E-state index in [9.17, 15) is 4.79 Å². The van der Waals surface area contributed by atoms with Crippen molar-refractivity contribution >= 4 is 40.7 Å². The number of rotatable bonds is 7. The zero-order valence-electron chi connectivity index (χ0n) is 13.5. The maximum Gasteiger partial charge on any atom is 0.256 e. The van der Waals surface area contributed by atoms with Crippen molar-refractivity contribution in [3.05, 3.63) is 45.9 Å². The van der Waals surface area contributed by atoms with E-state index in [0.29, 0.717) is 27.2 Å². The van der Waals surface area contributed by atoms with Crippen LogP contribution in [0.4, 0.5) is 11.6 Å². The highest BCUT2D eigenvalue weighted by atomic mass is 35.5. The van der Waals surface area contributed by atoms with Gasteiger partial charge in [-0.3, -0.25) is 4.79 Å². The molecule has 0 radical (unpaired) electrons. The molecule has 8 heteroatoms. The van der Waals surface area contributed by atoms with Crippen molar-refractivity contribution in [2.75, 3.05) is 37.8 Å². The zero-order valence-corrected chi connectivity index (χ0v) is 15.0. The third kappa shape index (κ3) is 5.63. The Balaban J connectivity index is 1.88. The first-order valence-corrected chi connectivity index (χ1v) is 8.20. The van der Waals surface area contributed by atoms with E-state index < -0.39 is 0 Å². The number of nitrogens with one attached hydrogen (secondary N) is 2. The lowest BCUT2D eigenvalue weighted by Gasteiger charge is -2.10. The number of benzene rings is 1. The summed E-state index contributed by atoms with van der Waals surface area (Å²) >= 11 is 11.7. The van der Waals surface area contributed by atoms with Gasteiger partial charge < -0.3 is 15.5 Å². The van der Waals surface area contributed by atoms with Crippen molar-refractivity contribution in [2.24, 2.45) is 0 Å². The van der Waals surface area contributed by atoms with Crippen molar-refractivity contribution < 1.29 is 4.79 Å². The molecule has 1 heterocycles. The van der Waals surface area contributed by atoms with Crippen LogP contribution in [0.5, 0.6) is 0 Å². The molecule has 0 fully saturated rings. The summed E-state index contributed by atoms with van der Waals surface area (Å²) in [6.45, 7) is 1.81. The summed E-state index contributed by atoms with van der Waals surface area (Å²) in [5.74, 6) is 0.709. The number of nitrogens with zero attached hydrogens (tertiary/aromatic N) is 3. The van der Waals surface area contributed by atoms with Crippen molar-refractivity contribution in [3.8, 4) is 0 Å². The second-order valence-electron chi connectivity index (χ2n) is 5.47. The molecule has 0 aliphatic rings. The summed E-state index contributed by atoms with van der Waals surface area (Å²) in [5, 5.41) is 14.6. The highest BCUT2D eigenvalue weighted by Gasteiger charge is 2.09. The van der Waals surface area contributed by atoms with Gasteiger partial charge in [0.05, 0.1) is 10.0 Å². The lowest BCUT2D eigenvalue weighted by atomic mass is 10.2. The van der Waals surface area contributed by atoms with Crippen LogP contribution in [0.3, 0.4) is 0 Å². The molecule has 0 aliphatic heterocycles. The number of aromatic nitrogens is 2. The van der Waals surface area contributed by atoms with Crippen molar-refractivity contribution in [1.82, 2.24) is 15.1 Å². The molecule has 1 aromatic heterocycles. The second kappa shape index (κ2) is 8.82. The van der Waals surface area contributed by atoms with E-state index in [-0.39, 0.29) is 5.91 Å². The number of anilines is 2. The quantitative estimate of drug-likeness (QED) is 0.733. The van der Waals surface area contributed by atoms with E-state index in [1.807, 2.05) is 14.1 Å². The second-order valence-corrected chi connectivity index (χ2v) is 6.28. The normalized spacial score (nSPS) is 10.7. The van der Waals surface area contributed by atoms with Gasteiger partial charge in [-0.05, 0) is 57.4 Å². The Labute approximate surface area is 151 Å². The molecule has 0 saturated heterocycles. The first-order chi connectivity index (χ1) is 11.5. The van der Waals surface area contributed by atoms with E-state index >= 15 is 0 Å². The van der Waals surface area contributed by atoms with Crippen LogP contribution in [0, 0.1) is 0 Å². The smallest absolute Gasteiger partial charge is 0.256 e. The van der Waals surface area contributed by atoms with Crippen LogP contribution < -0.4 is 10.6 Å². The molecular weight excluding hydrogens is 349 g/mol. The predicted molar refractivity (Wildman–Crippen MR) is 98.1 cm³/mol. The van der Waals surface area contributed by atoms with E-state index in [1.54, 1.807) is 24.3 Å². The van der Waals surface area contributed by atoms with Crippen LogP contribution in [-0.4, -0.2) is 48.2 Å². The molecule has 0 aliphatic carbocycles. The number of halogens is 2. The summed E-state index contributed by atoms with van der Waals surface area (Å²) in [6.07, 6.45) is 1.00. The molecule has 1 amide bonds. The van der Waals surface area contributed by atoms with Crippen molar-refractivity contribution in [1.29, 1.82) is 0 Å². The van der Waals surface area contributed by atoms with Crippen LogP contribution >= 0.6 is 23.2 Å². The number of carbonyl (C=O) groups excluding carboxylic acids is 1. The fourth-order valence-corrected chi connectivity index (χ4v) is 2.23. The molecular formula is C16H19Cl2N5O. The monoisotopic (exact) mass is 367 g/mol. The summed E-state index contributed by atoms with van der Waals surface area (Å²) < 4.78 is 0. The number of carbonyl (C=O) groups is 1. The molecule has 6 nitrogen and oxygen atoms in total. The number of hydrogen-bond donors (Lipinski definition) is 2. The molecule has 1 aromatic carbocycles. The van der Waals surface area contributed by atoms with Crippen LogP contribution in [0.2, 0.25) is 10.0 Å². The van der Waals surface area contributed by atoms with Gasteiger partial charge >= 0.3 is 0 Å². The first-order valence-electron chi connectivity index (χ1n) is 7.44. The maximum absolute atomic E-state index is 12.1. The molecule has 128 valence electrons. The van der Waals surface area contributed by atoms with Crippen LogP contribution in [0.25, 0.3) is 0 Å².